The lowest BCUT2D eigenvalue weighted by atomic mass is 10.0. The van der Waals surface area contributed by atoms with Crippen LogP contribution in [0.1, 0.15) is 30.2 Å². The fourth-order valence-electron chi connectivity index (χ4n) is 2.63. The maximum atomic E-state index is 12.9. The molecule has 3 rings (SSSR count). The first-order chi connectivity index (χ1) is 13.8. The lowest BCUT2D eigenvalue weighted by Gasteiger charge is -2.10. The van der Waals surface area contributed by atoms with Crippen LogP contribution < -0.4 is 10.9 Å². The molecular formula is C20H21N3O4S2. The molecule has 0 saturated heterocycles. The molecule has 0 unspecified atom stereocenters. The zero-order chi connectivity index (χ0) is 21.0. The van der Waals surface area contributed by atoms with Gasteiger partial charge in [-0.2, -0.15) is 5.10 Å². The molecule has 0 aliphatic carbocycles. The first-order valence-electron chi connectivity index (χ1n) is 8.99. The number of carbonyl (C=O) groups excluding carboxylic acids is 1. The highest BCUT2D eigenvalue weighted by atomic mass is 32.2. The summed E-state index contributed by atoms with van der Waals surface area (Å²) in [5.74, 6) is -0.150. The van der Waals surface area contributed by atoms with Crippen LogP contribution in [0.15, 0.2) is 68.6 Å². The smallest absolute Gasteiger partial charge is 0.267 e. The van der Waals surface area contributed by atoms with Crippen LogP contribution in [-0.2, 0) is 27.7 Å². The number of aromatic nitrogens is 2. The standard InChI is InChI=1S/C20H21N3O4S2/c1-14(2)15-5-7-17(8-6-15)29(26,27)19-9-10-20(25)23(22-19)13-18(24)21-12-16-4-3-11-28-16/h3-11,14H,12-13H2,1-2H3,(H,21,24). The van der Waals surface area contributed by atoms with E-state index in [1.807, 2.05) is 31.4 Å². The second kappa shape index (κ2) is 8.71. The number of amides is 1. The molecule has 1 N–H and O–H groups in total. The molecule has 2 heterocycles. The van der Waals surface area contributed by atoms with Crippen LogP contribution in [0.25, 0.3) is 0 Å². The number of carbonyl (C=O) groups is 1. The summed E-state index contributed by atoms with van der Waals surface area (Å²) in [5, 5.41) is 8.23. The Morgan fingerprint density at radius 3 is 2.48 bits per heavy atom. The molecule has 0 fully saturated rings. The minimum Gasteiger partial charge on any atom is -0.350 e. The molecule has 0 aliphatic rings. The van der Waals surface area contributed by atoms with Gasteiger partial charge in [0.1, 0.15) is 6.54 Å². The van der Waals surface area contributed by atoms with Crippen molar-refractivity contribution in [2.24, 2.45) is 0 Å². The Labute approximate surface area is 172 Å². The fourth-order valence-corrected chi connectivity index (χ4v) is 4.46. The van der Waals surface area contributed by atoms with Crippen molar-refractivity contribution < 1.29 is 13.2 Å². The Kier molecular flexibility index (Phi) is 6.29. The van der Waals surface area contributed by atoms with E-state index in [2.05, 4.69) is 10.4 Å². The largest absolute Gasteiger partial charge is 0.350 e. The first kappa shape index (κ1) is 20.9. The van der Waals surface area contributed by atoms with E-state index in [0.717, 1.165) is 27.3 Å². The van der Waals surface area contributed by atoms with Gasteiger partial charge >= 0.3 is 0 Å². The number of thiophene rings is 1. The third-order valence-electron chi connectivity index (χ3n) is 4.31. The molecule has 29 heavy (non-hydrogen) atoms. The molecule has 0 spiro atoms. The van der Waals surface area contributed by atoms with E-state index in [1.54, 1.807) is 12.1 Å². The molecular weight excluding hydrogens is 410 g/mol. The highest BCUT2D eigenvalue weighted by Crippen LogP contribution is 2.21. The van der Waals surface area contributed by atoms with Crippen molar-refractivity contribution in [3.05, 3.63) is 74.7 Å². The Balaban J connectivity index is 1.80. The number of sulfone groups is 1. The van der Waals surface area contributed by atoms with E-state index < -0.39 is 21.3 Å². The number of hydrogen-bond donors (Lipinski definition) is 1. The lowest BCUT2D eigenvalue weighted by Crippen LogP contribution is -2.33. The van der Waals surface area contributed by atoms with Gasteiger partial charge in [-0.25, -0.2) is 13.1 Å². The minimum atomic E-state index is -3.91. The van der Waals surface area contributed by atoms with Crippen molar-refractivity contribution in [3.8, 4) is 0 Å². The summed E-state index contributed by atoms with van der Waals surface area (Å²) in [7, 11) is -3.91. The zero-order valence-electron chi connectivity index (χ0n) is 16.0. The first-order valence-corrected chi connectivity index (χ1v) is 11.4. The molecule has 0 bridgehead atoms. The van der Waals surface area contributed by atoms with Gasteiger partial charge in [0.25, 0.3) is 5.56 Å². The Hall–Kier alpha value is -2.78. The van der Waals surface area contributed by atoms with E-state index in [9.17, 15) is 18.0 Å². The Bertz CT molecular complexity index is 1150. The summed E-state index contributed by atoms with van der Waals surface area (Å²) in [6, 6.07) is 12.6. The molecule has 9 heteroatoms. The fraction of sp³-hybridized carbons (Fsp3) is 0.250. The quantitative estimate of drug-likeness (QED) is 0.620. The van der Waals surface area contributed by atoms with Gasteiger partial charge in [0.2, 0.25) is 15.7 Å². The summed E-state index contributed by atoms with van der Waals surface area (Å²) < 4.78 is 26.6. The van der Waals surface area contributed by atoms with Crippen molar-refractivity contribution in [2.75, 3.05) is 0 Å². The molecule has 0 radical (unpaired) electrons. The second-order valence-electron chi connectivity index (χ2n) is 6.75. The van der Waals surface area contributed by atoms with E-state index in [-0.39, 0.29) is 22.4 Å². The molecule has 3 aromatic rings. The third-order valence-corrected chi connectivity index (χ3v) is 6.85. The average molecular weight is 432 g/mol. The van der Waals surface area contributed by atoms with E-state index in [4.69, 9.17) is 0 Å². The van der Waals surface area contributed by atoms with Gasteiger partial charge in [-0.3, -0.25) is 9.59 Å². The van der Waals surface area contributed by atoms with Gasteiger partial charge < -0.3 is 5.32 Å². The number of hydrogen-bond acceptors (Lipinski definition) is 6. The molecule has 2 aromatic heterocycles. The van der Waals surface area contributed by atoms with Gasteiger partial charge in [0.15, 0.2) is 5.03 Å². The van der Waals surface area contributed by atoms with Gasteiger partial charge in [-0.1, -0.05) is 32.0 Å². The normalized spacial score (nSPS) is 11.6. The number of benzene rings is 1. The van der Waals surface area contributed by atoms with E-state index in [1.165, 1.54) is 23.5 Å². The van der Waals surface area contributed by atoms with Gasteiger partial charge in [-0.15, -0.1) is 11.3 Å². The van der Waals surface area contributed by atoms with Crippen LogP contribution in [0.2, 0.25) is 0 Å². The molecule has 7 nitrogen and oxygen atoms in total. The SMILES string of the molecule is CC(C)c1ccc(S(=O)(=O)c2ccc(=O)n(CC(=O)NCc3cccs3)n2)cc1. The van der Waals surface area contributed by atoms with Crippen molar-refractivity contribution in [2.45, 2.75) is 42.8 Å². The third kappa shape index (κ3) is 4.99. The van der Waals surface area contributed by atoms with Crippen molar-refractivity contribution in [1.82, 2.24) is 15.1 Å². The maximum absolute atomic E-state index is 12.9. The highest BCUT2D eigenvalue weighted by molar-refractivity contribution is 7.91. The van der Waals surface area contributed by atoms with Crippen LogP contribution in [0.3, 0.4) is 0 Å². The number of nitrogens with zero attached hydrogens (tertiary/aromatic N) is 2. The van der Waals surface area contributed by atoms with Crippen LogP contribution in [0.4, 0.5) is 0 Å². The van der Waals surface area contributed by atoms with Crippen LogP contribution in [0.5, 0.6) is 0 Å². The average Bonchev–Trinajstić information content (AvgIpc) is 3.21. The van der Waals surface area contributed by atoms with Crippen molar-refractivity contribution >= 4 is 27.1 Å². The Morgan fingerprint density at radius 1 is 1.14 bits per heavy atom. The highest BCUT2D eigenvalue weighted by Gasteiger charge is 2.21. The van der Waals surface area contributed by atoms with Gasteiger partial charge in [0, 0.05) is 10.9 Å². The number of rotatable bonds is 7. The molecule has 1 aromatic carbocycles. The van der Waals surface area contributed by atoms with Gasteiger partial charge in [-0.05, 0) is 41.1 Å². The lowest BCUT2D eigenvalue weighted by molar-refractivity contribution is -0.122. The minimum absolute atomic E-state index is 0.0849. The summed E-state index contributed by atoms with van der Waals surface area (Å²) in [5.41, 5.74) is 0.467. The van der Waals surface area contributed by atoms with Crippen LogP contribution in [0, 0.1) is 0 Å². The summed E-state index contributed by atoms with van der Waals surface area (Å²) in [4.78, 5) is 25.2. The molecule has 0 saturated carbocycles. The van der Waals surface area contributed by atoms with E-state index >= 15 is 0 Å². The Morgan fingerprint density at radius 2 is 1.86 bits per heavy atom. The van der Waals surface area contributed by atoms with Crippen molar-refractivity contribution in [1.29, 1.82) is 0 Å². The molecule has 0 atom stereocenters. The van der Waals surface area contributed by atoms with Crippen LogP contribution >= 0.6 is 11.3 Å². The predicted molar refractivity (Wildman–Crippen MR) is 111 cm³/mol. The van der Waals surface area contributed by atoms with Gasteiger partial charge in [0.05, 0.1) is 11.4 Å². The summed E-state index contributed by atoms with van der Waals surface area (Å²) >= 11 is 1.50. The maximum Gasteiger partial charge on any atom is 0.267 e. The summed E-state index contributed by atoms with van der Waals surface area (Å²) in [6.45, 7) is 4.01. The molecule has 152 valence electrons. The molecule has 1 amide bonds. The van der Waals surface area contributed by atoms with Crippen LogP contribution in [-0.4, -0.2) is 24.1 Å². The van der Waals surface area contributed by atoms with Crippen molar-refractivity contribution in [3.63, 3.8) is 0 Å². The summed E-state index contributed by atoms with van der Waals surface area (Å²) in [6.07, 6.45) is 0. The number of nitrogens with one attached hydrogen (secondary N) is 1. The molecule has 0 aliphatic heterocycles. The predicted octanol–water partition coefficient (Wildman–Crippen LogP) is 2.58. The second-order valence-corrected chi connectivity index (χ2v) is 9.68. The van der Waals surface area contributed by atoms with E-state index in [0.29, 0.717) is 6.54 Å². The zero-order valence-corrected chi connectivity index (χ0v) is 17.7. The topological polar surface area (TPSA) is 98.1 Å². The monoisotopic (exact) mass is 431 g/mol.